The fourth-order valence-electron chi connectivity index (χ4n) is 2.42. The van der Waals surface area contributed by atoms with Crippen molar-refractivity contribution in [2.45, 2.75) is 26.8 Å². The van der Waals surface area contributed by atoms with Gasteiger partial charge in [0.2, 0.25) is 0 Å². The van der Waals surface area contributed by atoms with Gasteiger partial charge >= 0.3 is 0 Å². The Morgan fingerprint density at radius 1 is 1.30 bits per heavy atom. The van der Waals surface area contributed by atoms with Gasteiger partial charge in [0.15, 0.2) is 0 Å². The van der Waals surface area contributed by atoms with Gasteiger partial charge in [-0.25, -0.2) is 9.37 Å². The molecule has 1 atom stereocenters. The molecule has 2 rings (SSSR count). The molecule has 0 aliphatic carbocycles. The number of anilines is 1. The minimum absolute atomic E-state index is 0.232. The largest absolute Gasteiger partial charge is 0.383 e. The molecule has 4 heteroatoms. The number of rotatable bonds is 4. The molecule has 1 unspecified atom stereocenters. The molecule has 2 aromatic rings. The summed E-state index contributed by atoms with van der Waals surface area (Å²) in [4.78, 5) is 4.14. The summed E-state index contributed by atoms with van der Waals surface area (Å²) in [6, 6.07) is 6.73. The average molecular weight is 273 g/mol. The van der Waals surface area contributed by atoms with E-state index in [0.717, 1.165) is 16.7 Å². The fourth-order valence-corrected chi connectivity index (χ4v) is 2.42. The highest BCUT2D eigenvalue weighted by Crippen LogP contribution is 2.30. The monoisotopic (exact) mass is 273 g/mol. The van der Waals surface area contributed by atoms with E-state index >= 15 is 0 Å². The van der Waals surface area contributed by atoms with Crippen LogP contribution in [0, 0.1) is 19.7 Å². The molecule has 0 aliphatic heterocycles. The summed E-state index contributed by atoms with van der Waals surface area (Å²) >= 11 is 0. The molecule has 20 heavy (non-hydrogen) atoms. The predicted octanol–water partition coefficient (Wildman–Crippen LogP) is 3.12. The highest BCUT2D eigenvalue weighted by Gasteiger charge is 2.21. The van der Waals surface area contributed by atoms with Crippen molar-refractivity contribution in [1.29, 1.82) is 0 Å². The molecule has 3 N–H and O–H groups in total. The normalized spacial score (nSPS) is 12.4. The van der Waals surface area contributed by atoms with Crippen molar-refractivity contribution in [3.63, 3.8) is 0 Å². The summed E-state index contributed by atoms with van der Waals surface area (Å²) in [5.41, 5.74) is 9.48. The maximum atomic E-state index is 14.2. The van der Waals surface area contributed by atoms with Crippen LogP contribution in [-0.2, 0) is 0 Å². The molecule has 0 saturated carbocycles. The zero-order chi connectivity index (χ0) is 14.7. The van der Waals surface area contributed by atoms with Gasteiger partial charge in [-0.15, -0.1) is 0 Å². The van der Waals surface area contributed by atoms with Gasteiger partial charge in [0.05, 0.1) is 6.04 Å². The third-order valence-electron chi connectivity index (χ3n) is 3.40. The number of benzene rings is 1. The molecule has 0 amide bonds. The molecule has 1 aromatic heterocycles. The number of halogens is 1. The Labute approximate surface area is 119 Å². The van der Waals surface area contributed by atoms with Gasteiger partial charge in [0, 0.05) is 17.3 Å². The van der Waals surface area contributed by atoms with Gasteiger partial charge in [-0.2, -0.15) is 0 Å². The van der Waals surface area contributed by atoms with Crippen LogP contribution in [0.1, 0.15) is 35.2 Å². The summed E-state index contributed by atoms with van der Waals surface area (Å²) < 4.78 is 14.2. The number of nitrogens with one attached hydrogen (secondary N) is 1. The standard InChI is InChI=1S/C16H20FN3/c1-4-19-15(12-9-10(2)5-6-13(12)17)14-11(3)7-8-20-16(14)18/h5-9,15,19H,4H2,1-3H3,(H2,18,20). The van der Waals surface area contributed by atoms with Crippen molar-refractivity contribution in [3.05, 3.63) is 58.5 Å². The number of hydrogen-bond donors (Lipinski definition) is 2. The van der Waals surface area contributed by atoms with Crippen LogP contribution in [0.15, 0.2) is 30.5 Å². The van der Waals surface area contributed by atoms with E-state index in [1.807, 2.05) is 32.9 Å². The second-order valence-corrected chi connectivity index (χ2v) is 4.94. The van der Waals surface area contributed by atoms with Crippen LogP contribution in [0.3, 0.4) is 0 Å². The van der Waals surface area contributed by atoms with Crippen LogP contribution in [0.2, 0.25) is 0 Å². The summed E-state index contributed by atoms with van der Waals surface area (Å²) in [5.74, 6) is 0.209. The topological polar surface area (TPSA) is 50.9 Å². The summed E-state index contributed by atoms with van der Waals surface area (Å²) in [7, 11) is 0. The Kier molecular flexibility index (Phi) is 4.35. The summed E-state index contributed by atoms with van der Waals surface area (Å²) in [6.45, 7) is 6.62. The molecule has 106 valence electrons. The number of hydrogen-bond acceptors (Lipinski definition) is 3. The van der Waals surface area contributed by atoms with Crippen molar-refractivity contribution >= 4 is 5.82 Å². The minimum atomic E-state index is -0.284. The lowest BCUT2D eigenvalue weighted by Crippen LogP contribution is -2.25. The lowest BCUT2D eigenvalue weighted by Gasteiger charge is -2.22. The van der Waals surface area contributed by atoms with Crippen LogP contribution in [0.25, 0.3) is 0 Å². The molecule has 0 saturated heterocycles. The van der Waals surface area contributed by atoms with E-state index in [1.54, 1.807) is 12.3 Å². The maximum Gasteiger partial charge on any atom is 0.128 e. The minimum Gasteiger partial charge on any atom is -0.383 e. The molecule has 1 heterocycles. The zero-order valence-corrected chi connectivity index (χ0v) is 12.1. The Bertz CT molecular complexity index is 590. The second kappa shape index (κ2) is 6.01. The number of aromatic nitrogens is 1. The van der Waals surface area contributed by atoms with Crippen molar-refractivity contribution in [1.82, 2.24) is 10.3 Å². The lowest BCUT2D eigenvalue weighted by molar-refractivity contribution is 0.557. The van der Waals surface area contributed by atoms with Gasteiger partial charge in [-0.3, -0.25) is 0 Å². The third-order valence-corrected chi connectivity index (χ3v) is 3.40. The summed E-state index contributed by atoms with van der Waals surface area (Å²) in [5, 5.41) is 3.30. The third kappa shape index (κ3) is 2.80. The SMILES string of the molecule is CCNC(c1cc(C)ccc1F)c1c(C)ccnc1N. The van der Waals surface area contributed by atoms with Crippen LogP contribution in [0.5, 0.6) is 0 Å². The highest BCUT2D eigenvalue weighted by atomic mass is 19.1. The number of nitrogen functional groups attached to an aromatic ring is 1. The number of pyridine rings is 1. The average Bonchev–Trinajstić information content (AvgIpc) is 2.40. The maximum absolute atomic E-state index is 14.2. The molecule has 0 bridgehead atoms. The van der Waals surface area contributed by atoms with Crippen molar-refractivity contribution in [3.8, 4) is 0 Å². The quantitative estimate of drug-likeness (QED) is 0.900. The Balaban J connectivity index is 2.59. The Morgan fingerprint density at radius 3 is 2.70 bits per heavy atom. The summed E-state index contributed by atoms with van der Waals surface area (Å²) in [6.07, 6.45) is 1.67. The molecule has 1 aromatic carbocycles. The van der Waals surface area contributed by atoms with E-state index in [9.17, 15) is 4.39 Å². The first-order valence-electron chi connectivity index (χ1n) is 6.75. The van der Waals surface area contributed by atoms with Gasteiger partial charge < -0.3 is 11.1 Å². The molecular formula is C16H20FN3. The first kappa shape index (κ1) is 14.5. The van der Waals surface area contributed by atoms with E-state index in [4.69, 9.17) is 5.73 Å². The van der Waals surface area contributed by atoms with Crippen LogP contribution < -0.4 is 11.1 Å². The second-order valence-electron chi connectivity index (χ2n) is 4.94. The van der Waals surface area contributed by atoms with E-state index in [1.165, 1.54) is 6.07 Å². The molecule has 0 aliphatic rings. The van der Waals surface area contributed by atoms with Gasteiger partial charge in [0.1, 0.15) is 11.6 Å². The number of aryl methyl sites for hydroxylation is 2. The first-order chi connectivity index (χ1) is 9.54. The van der Waals surface area contributed by atoms with E-state index in [2.05, 4.69) is 10.3 Å². The highest BCUT2D eigenvalue weighted by molar-refractivity contribution is 5.50. The Morgan fingerprint density at radius 2 is 2.05 bits per heavy atom. The van der Waals surface area contributed by atoms with Crippen molar-refractivity contribution in [2.75, 3.05) is 12.3 Å². The zero-order valence-electron chi connectivity index (χ0n) is 12.1. The van der Waals surface area contributed by atoms with Gasteiger partial charge in [0.25, 0.3) is 0 Å². The van der Waals surface area contributed by atoms with Gasteiger partial charge in [-0.1, -0.05) is 24.6 Å². The fraction of sp³-hybridized carbons (Fsp3) is 0.312. The number of nitrogens with two attached hydrogens (primary N) is 1. The molecule has 3 nitrogen and oxygen atoms in total. The van der Waals surface area contributed by atoms with Crippen molar-refractivity contribution in [2.24, 2.45) is 0 Å². The lowest BCUT2D eigenvalue weighted by atomic mass is 9.94. The smallest absolute Gasteiger partial charge is 0.128 e. The van der Waals surface area contributed by atoms with Crippen LogP contribution in [-0.4, -0.2) is 11.5 Å². The first-order valence-corrected chi connectivity index (χ1v) is 6.75. The predicted molar refractivity (Wildman–Crippen MR) is 80.0 cm³/mol. The van der Waals surface area contributed by atoms with Crippen LogP contribution >= 0.6 is 0 Å². The molecule has 0 fully saturated rings. The molecule has 0 spiro atoms. The molecular weight excluding hydrogens is 253 g/mol. The Hall–Kier alpha value is -1.94. The van der Waals surface area contributed by atoms with Crippen LogP contribution in [0.4, 0.5) is 10.2 Å². The van der Waals surface area contributed by atoms with E-state index in [0.29, 0.717) is 17.9 Å². The van der Waals surface area contributed by atoms with E-state index < -0.39 is 0 Å². The molecule has 0 radical (unpaired) electrons. The van der Waals surface area contributed by atoms with Crippen molar-refractivity contribution < 1.29 is 4.39 Å². The van der Waals surface area contributed by atoms with E-state index in [-0.39, 0.29) is 11.9 Å². The number of nitrogens with zero attached hydrogens (tertiary/aromatic N) is 1. The van der Waals surface area contributed by atoms with Gasteiger partial charge in [-0.05, 0) is 38.1 Å².